The molecule has 0 saturated heterocycles. The molecule has 0 aliphatic carbocycles. The largest absolute Gasteiger partial charge is 0.497 e. The second-order valence-corrected chi connectivity index (χ2v) is 8.05. The van der Waals surface area contributed by atoms with Crippen LogP contribution in [0.3, 0.4) is 0 Å². The number of anilines is 2. The minimum absolute atomic E-state index is 0.550. The fourth-order valence-corrected chi connectivity index (χ4v) is 3.84. The summed E-state index contributed by atoms with van der Waals surface area (Å²) in [6.07, 6.45) is 12.6. The van der Waals surface area contributed by atoms with Crippen molar-refractivity contribution in [1.29, 1.82) is 5.26 Å². The van der Waals surface area contributed by atoms with Crippen molar-refractivity contribution in [2.24, 2.45) is 7.05 Å². The Bertz CT molecular complexity index is 1550. The lowest BCUT2D eigenvalue weighted by atomic mass is 10.1. The SMILES string of the molecule is COc1cc(OC)cc(N(C=C2C=C(C#N)C=CN2)c2ccc3ncc(-c4cnn(C)c4)nc3c2)c1. The number of allylic oxidation sites excluding steroid dienone is 3. The van der Waals surface area contributed by atoms with Crippen LogP contribution in [0.5, 0.6) is 11.5 Å². The molecule has 1 N–H and O–H groups in total. The molecule has 0 fully saturated rings. The van der Waals surface area contributed by atoms with E-state index in [-0.39, 0.29) is 0 Å². The first-order chi connectivity index (χ1) is 17.6. The molecule has 9 nitrogen and oxygen atoms in total. The third-order valence-electron chi connectivity index (χ3n) is 5.64. The lowest BCUT2D eigenvalue weighted by Gasteiger charge is -2.24. The number of ether oxygens (including phenoxy) is 2. The molecule has 3 heterocycles. The number of benzene rings is 2. The molecule has 0 unspecified atom stereocenters. The van der Waals surface area contributed by atoms with Gasteiger partial charge in [0.1, 0.15) is 11.5 Å². The third-order valence-corrected chi connectivity index (χ3v) is 5.64. The minimum atomic E-state index is 0.550. The highest BCUT2D eigenvalue weighted by Crippen LogP contribution is 2.35. The summed E-state index contributed by atoms with van der Waals surface area (Å²) in [5.41, 5.74) is 6.07. The van der Waals surface area contributed by atoms with Crippen LogP contribution >= 0.6 is 0 Å². The summed E-state index contributed by atoms with van der Waals surface area (Å²) in [5.74, 6) is 1.30. The number of nitrogens with one attached hydrogen (secondary N) is 1. The molecule has 1 aliphatic heterocycles. The van der Waals surface area contributed by atoms with E-state index in [1.54, 1.807) is 49.6 Å². The number of hydrogen-bond donors (Lipinski definition) is 1. The zero-order chi connectivity index (χ0) is 25.1. The Balaban J connectivity index is 1.65. The van der Waals surface area contributed by atoms with Crippen molar-refractivity contribution in [3.63, 3.8) is 0 Å². The van der Waals surface area contributed by atoms with Crippen molar-refractivity contribution in [3.8, 4) is 28.8 Å². The van der Waals surface area contributed by atoms with Crippen molar-refractivity contribution < 1.29 is 9.47 Å². The van der Waals surface area contributed by atoms with Crippen molar-refractivity contribution >= 4 is 22.4 Å². The predicted molar refractivity (Wildman–Crippen MR) is 137 cm³/mol. The number of aryl methyl sites for hydroxylation is 1. The van der Waals surface area contributed by atoms with E-state index in [9.17, 15) is 5.26 Å². The lowest BCUT2D eigenvalue weighted by Crippen LogP contribution is -2.15. The van der Waals surface area contributed by atoms with Crippen LogP contribution in [0.2, 0.25) is 0 Å². The fraction of sp³-hybridized carbons (Fsp3) is 0.111. The fourth-order valence-electron chi connectivity index (χ4n) is 3.84. The molecule has 5 rings (SSSR count). The first kappa shape index (κ1) is 22.7. The standard InChI is InChI=1S/C27H23N7O2/c1-33-16-19(14-31-33)27-15-30-25-5-4-21(11-26(25)32-27)34(17-20-8-18(13-28)6-7-29-20)22-9-23(35-2)12-24(10-22)36-3/h4-12,14-17,29H,1-3H3. The topological polar surface area (TPSA) is 101 Å². The van der Waals surface area contributed by atoms with E-state index in [1.165, 1.54) is 0 Å². The van der Waals surface area contributed by atoms with Crippen molar-refractivity contribution in [2.45, 2.75) is 0 Å². The lowest BCUT2D eigenvalue weighted by molar-refractivity contribution is 0.394. The average Bonchev–Trinajstić information content (AvgIpc) is 3.37. The van der Waals surface area contributed by atoms with Gasteiger partial charge in [-0.3, -0.25) is 9.67 Å². The second-order valence-electron chi connectivity index (χ2n) is 8.05. The maximum Gasteiger partial charge on any atom is 0.124 e. The molecular formula is C27H23N7O2. The number of methoxy groups -OCH3 is 2. The molecule has 178 valence electrons. The molecule has 0 atom stereocenters. The molecule has 0 spiro atoms. The van der Waals surface area contributed by atoms with Gasteiger partial charge in [-0.15, -0.1) is 0 Å². The second kappa shape index (κ2) is 9.64. The number of dihydropyridines is 1. The monoisotopic (exact) mass is 477 g/mol. The number of nitrogens with zero attached hydrogens (tertiary/aromatic N) is 6. The van der Waals surface area contributed by atoms with Gasteiger partial charge in [0.15, 0.2) is 0 Å². The molecule has 36 heavy (non-hydrogen) atoms. The van der Waals surface area contributed by atoms with E-state index in [2.05, 4.69) is 21.5 Å². The van der Waals surface area contributed by atoms with Crippen molar-refractivity contribution in [1.82, 2.24) is 25.1 Å². The Morgan fingerprint density at radius 2 is 1.83 bits per heavy atom. The Morgan fingerprint density at radius 1 is 1.03 bits per heavy atom. The van der Waals surface area contributed by atoms with Crippen molar-refractivity contribution in [3.05, 3.63) is 90.8 Å². The van der Waals surface area contributed by atoms with Gasteiger partial charge in [-0.05, 0) is 30.4 Å². The van der Waals surface area contributed by atoms with Crippen LogP contribution in [-0.4, -0.2) is 34.0 Å². The molecule has 4 aromatic rings. The van der Waals surface area contributed by atoms with E-state index >= 15 is 0 Å². The minimum Gasteiger partial charge on any atom is -0.497 e. The highest BCUT2D eigenvalue weighted by molar-refractivity contribution is 5.83. The Morgan fingerprint density at radius 3 is 2.53 bits per heavy atom. The van der Waals surface area contributed by atoms with Crippen LogP contribution in [0.15, 0.2) is 90.8 Å². The van der Waals surface area contributed by atoms with Crippen LogP contribution in [0.4, 0.5) is 11.4 Å². The van der Waals surface area contributed by atoms with E-state index in [4.69, 9.17) is 14.5 Å². The number of hydrogen-bond acceptors (Lipinski definition) is 8. The Labute approximate surface area is 208 Å². The maximum absolute atomic E-state index is 9.36. The van der Waals surface area contributed by atoms with E-state index in [0.29, 0.717) is 17.1 Å². The van der Waals surface area contributed by atoms with Gasteiger partial charge in [0.2, 0.25) is 0 Å². The molecule has 2 aromatic heterocycles. The summed E-state index contributed by atoms with van der Waals surface area (Å²) >= 11 is 0. The highest BCUT2D eigenvalue weighted by atomic mass is 16.5. The Kier molecular flexibility index (Phi) is 6.07. The first-order valence-corrected chi connectivity index (χ1v) is 11.1. The zero-order valence-electron chi connectivity index (χ0n) is 20.0. The molecule has 9 heteroatoms. The van der Waals surface area contributed by atoms with E-state index < -0.39 is 0 Å². The number of aromatic nitrogens is 4. The van der Waals surface area contributed by atoms with Gasteiger partial charge in [0, 0.05) is 55.1 Å². The normalized spacial score (nSPS) is 13.7. The van der Waals surface area contributed by atoms with Gasteiger partial charge >= 0.3 is 0 Å². The third kappa shape index (κ3) is 4.60. The summed E-state index contributed by atoms with van der Waals surface area (Å²) in [7, 11) is 5.09. The van der Waals surface area contributed by atoms with Gasteiger partial charge in [-0.1, -0.05) is 0 Å². The van der Waals surface area contributed by atoms with Crippen LogP contribution in [0.1, 0.15) is 0 Å². The van der Waals surface area contributed by atoms with Gasteiger partial charge in [-0.2, -0.15) is 10.4 Å². The highest BCUT2D eigenvalue weighted by Gasteiger charge is 2.15. The quantitative estimate of drug-likeness (QED) is 0.430. The molecule has 0 bridgehead atoms. The van der Waals surface area contributed by atoms with Crippen LogP contribution in [0, 0.1) is 11.3 Å². The van der Waals surface area contributed by atoms with Crippen LogP contribution in [-0.2, 0) is 7.05 Å². The van der Waals surface area contributed by atoms with Crippen LogP contribution in [0.25, 0.3) is 22.3 Å². The average molecular weight is 478 g/mol. The van der Waals surface area contributed by atoms with E-state index in [0.717, 1.165) is 39.4 Å². The van der Waals surface area contributed by atoms with Gasteiger partial charge in [0.25, 0.3) is 0 Å². The molecular weight excluding hydrogens is 454 g/mol. The van der Waals surface area contributed by atoms with Gasteiger partial charge < -0.3 is 19.7 Å². The molecule has 0 saturated carbocycles. The predicted octanol–water partition coefficient (Wildman–Crippen LogP) is 4.59. The molecule has 2 aromatic carbocycles. The summed E-state index contributed by atoms with van der Waals surface area (Å²) in [6.45, 7) is 0. The number of rotatable bonds is 6. The summed E-state index contributed by atoms with van der Waals surface area (Å²) < 4.78 is 12.7. The van der Waals surface area contributed by atoms with Gasteiger partial charge in [0.05, 0.1) is 66.4 Å². The van der Waals surface area contributed by atoms with E-state index in [1.807, 2.05) is 60.7 Å². The number of fused-ring (bicyclic) bond motifs is 1. The maximum atomic E-state index is 9.36. The summed E-state index contributed by atoms with van der Waals surface area (Å²) in [5, 5.41) is 16.8. The molecule has 0 amide bonds. The molecule has 1 aliphatic rings. The smallest absolute Gasteiger partial charge is 0.124 e. The van der Waals surface area contributed by atoms with Gasteiger partial charge in [-0.25, -0.2) is 4.98 Å². The first-order valence-electron chi connectivity index (χ1n) is 11.1. The summed E-state index contributed by atoms with van der Waals surface area (Å²) in [4.78, 5) is 11.4. The Hall–Kier alpha value is -5.10. The van der Waals surface area contributed by atoms with Crippen LogP contribution < -0.4 is 19.7 Å². The summed E-state index contributed by atoms with van der Waals surface area (Å²) in [6, 6.07) is 13.7. The molecule has 0 radical (unpaired) electrons. The van der Waals surface area contributed by atoms with Crippen molar-refractivity contribution in [2.75, 3.05) is 19.1 Å². The zero-order valence-corrected chi connectivity index (χ0v) is 20.0. The number of nitriles is 1.